The van der Waals surface area contributed by atoms with Crippen LogP contribution in [0.2, 0.25) is 0 Å². The summed E-state index contributed by atoms with van der Waals surface area (Å²) in [6, 6.07) is 0. The maximum absolute atomic E-state index is 11.6. The summed E-state index contributed by atoms with van der Waals surface area (Å²) >= 11 is 1.57. The zero-order valence-electron chi connectivity index (χ0n) is 9.30. The van der Waals surface area contributed by atoms with Crippen molar-refractivity contribution in [3.8, 4) is 0 Å². The third-order valence-electron chi connectivity index (χ3n) is 2.75. The molecule has 2 rings (SSSR count). The zero-order valence-corrected chi connectivity index (χ0v) is 10.9. The maximum atomic E-state index is 11.6. The topological polar surface area (TPSA) is 62.3 Å². The van der Waals surface area contributed by atoms with Crippen molar-refractivity contribution in [2.24, 2.45) is 0 Å². The smallest absolute Gasteiger partial charge is 0.216 e. The summed E-state index contributed by atoms with van der Waals surface area (Å²) in [5, 5.41) is 2.59. The number of hydrogen-bond acceptors (Lipinski definition) is 5. The van der Waals surface area contributed by atoms with E-state index in [4.69, 9.17) is 0 Å². The van der Waals surface area contributed by atoms with E-state index < -0.39 is 10.0 Å². The molecule has 0 amide bonds. The molecule has 0 spiro atoms. The Kier molecular flexibility index (Phi) is 3.18. The first kappa shape index (κ1) is 11.8. The van der Waals surface area contributed by atoms with Crippen molar-refractivity contribution < 1.29 is 8.42 Å². The van der Waals surface area contributed by atoms with Gasteiger partial charge in [0.2, 0.25) is 10.0 Å². The summed E-state index contributed by atoms with van der Waals surface area (Å²) < 4.78 is 25.6. The maximum Gasteiger partial charge on any atom is 0.216 e. The summed E-state index contributed by atoms with van der Waals surface area (Å²) in [6.45, 7) is 3.24. The second-order valence-corrected chi connectivity index (χ2v) is 6.88. The van der Waals surface area contributed by atoms with Gasteiger partial charge in [-0.1, -0.05) is 0 Å². The van der Waals surface area contributed by atoms with E-state index >= 15 is 0 Å². The van der Waals surface area contributed by atoms with Crippen LogP contribution in [0, 0.1) is 6.92 Å². The molecule has 1 fully saturated rings. The van der Waals surface area contributed by atoms with Crippen molar-refractivity contribution in [2.75, 3.05) is 25.0 Å². The molecule has 0 bridgehead atoms. The van der Waals surface area contributed by atoms with Crippen LogP contribution in [0.4, 0.5) is 5.13 Å². The number of nitrogens with one attached hydrogen (secondary N) is 1. The van der Waals surface area contributed by atoms with Crippen molar-refractivity contribution in [3.63, 3.8) is 0 Å². The van der Waals surface area contributed by atoms with Gasteiger partial charge < -0.3 is 4.90 Å². The lowest BCUT2D eigenvalue weighted by Crippen LogP contribution is -2.34. The predicted octanol–water partition coefficient (Wildman–Crippen LogP) is 0.579. The SMILES string of the molecule is CNS(=O)(=O)[C@H]1CCN(c2nc(C)cs2)C1. The second-order valence-electron chi connectivity index (χ2n) is 3.88. The fourth-order valence-corrected chi connectivity index (χ4v) is 3.77. The fourth-order valence-electron chi connectivity index (χ4n) is 1.81. The molecule has 0 aromatic carbocycles. The molecule has 1 N–H and O–H groups in total. The van der Waals surface area contributed by atoms with E-state index in [1.54, 1.807) is 11.3 Å². The lowest BCUT2D eigenvalue weighted by Gasteiger charge is -2.14. The Morgan fingerprint density at radius 3 is 2.94 bits per heavy atom. The molecule has 16 heavy (non-hydrogen) atoms. The summed E-state index contributed by atoms with van der Waals surface area (Å²) in [5.74, 6) is 0. The largest absolute Gasteiger partial charge is 0.347 e. The first-order chi connectivity index (χ1) is 7.53. The van der Waals surface area contributed by atoms with E-state index in [2.05, 4.69) is 9.71 Å². The van der Waals surface area contributed by atoms with Gasteiger partial charge >= 0.3 is 0 Å². The molecular formula is C9H15N3O2S2. The van der Waals surface area contributed by atoms with Crippen LogP contribution in [0.25, 0.3) is 0 Å². The molecule has 1 aliphatic rings. The molecule has 1 aromatic heterocycles. The van der Waals surface area contributed by atoms with Crippen LogP contribution < -0.4 is 9.62 Å². The third-order valence-corrected chi connectivity index (χ3v) is 5.60. The number of aryl methyl sites for hydroxylation is 1. The number of aromatic nitrogens is 1. The third kappa shape index (κ3) is 2.21. The summed E-state index contributed by atoms with van der Waals surface area (Å²) in [7, 11) is -1.68. The quantitative estimate of drug-likeness (QED) is 0.864. The predicted molar refractivity (Wildman–Crippen MR) is 65.4 cm³/mol. The van der Waals surface area contributed by atoms with Gasteiger partial charge in [0.15, 0.2) is 5.13 Å². The van der Waals surface area contributed by atoms with Crippen molar-refractivity contribution in [3.05, 3.63) is 11.1 Å². The van der Waals surface area contributed by atoms with E-state index in [1.807, 2.05) is 17.2 Å². The normalized spacial score (nSPS) is 21.6. The van der Waals surface area contributed by atoms with Crippen LogP contribution in [-0.4, -0.2) is 38.8 Å². The van der Waals surface area contributed by atoms with Gasteiger partial charge in [0, 0.05) is 18.5 Å². The van der Waals surface area contributed by atoms with Gasteiger partial charge in [-0.3, -0.25) is 0 Å². The lowest BCUT2D eigenvalue weighted by molar-refractivity contribution is 0.575. The Balaban J connectivity index is 2.09. The highest BCUT2D eigenvalue weighted by Gasteiger charge is 2.33. The number of sulfonamides is 1. The van der Waals surface area contributed by atoms with Gasteiger partial charge in [0.05, 0.1) is 10.9 Å². The molecule has 1 saturated heterocycles. The molecule has 0 aliphatic carbocycles. The highest BCUT2D eigenvalue weighted by atomic mass is 32.2. The fraction of sp³-hybridized carbons (Fsp3) is 0.667. The second kappa shape index (κ2) is 4.31. The highest BCUT2D eigenvalue weighted by Crippen LogP contribution is 2.26. The van der Waals surface area contributed by atoms with E-state index in [1.165, 1.54) is 7.05 Å². The van der Waals surface area contributed by atoms with Crippen molar-refractivity contribution >= 4 is 26.5 Å². The van der Waals surface area contributed by atoms with Crippen LogP contribution >= 0.6 is 11.3 Å². The van der Waals surface area contributed by atoms with Gasteiger partial charge in [-0.05, 0) is 20.4 Å². The Hall–Kier alpha value is -0.660. The van der Waals surface area contributed by atoms with Crippen molar-refractivity contribution in [1.29, 1.82) is 0 Å². The van der Waals surface area contributed by atoms with Crippen molar-refractivity contribution in [1.82, 2.24) is 9.71 Å². The van der Waals surface area contributed by atoms with E-state index in [0.29, 0.717) is 13.0 Å². The van der Waals surface area contributed by atoms with Crippen LogP contribution in [0.1, 0.15) is 12.1 Å². The number of anilines is 1. The Morgan fingerprint density at radius 1 is 1.62 bits per heavy atom. The Morgan fingerprint density at radius 2 is 2.38 bits per heavy atom. The number of hydrogen-bond donors (Lipinski definition) is 1. The molecule has 90 valence electrons. The minimum Gasteiger partial charge on any atom is -0.347 e. The number of nitrogens with zero attached hydrogens (tertiary/aromatic N) is 2. The molecule has 2 heterocycles. The zero-order chi connectivity index (χ0) is 11.8. The summed E-state index contributed by atoms with van der Waals surface area (Å²) in [4.78, 5) is 6.40. The molecule has 0 saturated carbocycles. The molecule has 1 aromatic rings. The van der Waals surface area contributed by atoms with Gasteiger partial charge in [-0.15, -0.1) is 11.3 Å². The van der Waals surface area contributed by atoms with Gasteiger partial charge in [0.1, 0.15) is 0 Å². The summed E-state index contributed by atoms with van der Waals surface area (Å²) in [5.41, 5.74) is 0.986. The molecule has 1 atom stereocenters. The first-order valence-corrected chi connectivity index (χ1v) is 7.55. The minimum absolute atomic E-state index is 0.318. The molecule has 1 aliphatic heterocycles. The molecule has 7 heteroatoms. The minimum atomic E-state index is -3.15. The first-order valence-electron chi connectivity index (χ1n) is 5.12. The average Bonchev–Trinajstić information content (AvgIpc) is 2.85. The number of thiazole rings is 1. The Labute approximate surface area is 99.5 Å². The molecular weight excluding hydrogens is 246 g/mol. The monoisotopic (exact) mass is 261 g/mol. The van der Waals surface area contributed by atoms with Crippen LogP contribution in [0.3, 0.4) is 0 Å². The van der Waals surface area contributed by atoms with Crippen LogP contribution in [0.5, 0.6) is 0 Å². The summed E-state index contributed by atoms with van der Waals surface area (Å²) in [6.07, 6.45) is 0.668. The van der Waals surface area contributed by atoms with Gasteiger partial charge in [-0.2, -0.15) is 0 Å². The van der Waals surface area contributed by atoms with Crippen LogP contribution in [0.15, 0.2) is 5.38 Å². The van der Waals surface area contributed by atoms with Crippen molar-refractivity contribution in [2.45, 2.75) is 18.6 Å². The molecule has 0 unspecified atom stereocenters. The van der Waals surface area contributed by atoms with E-state index in [-0.39, 0.29) is 5.25 Å². The average molecular weight is 261 g/mol. The van der Waals surface area contributed by atoms with Gasteiger partial charge in [-0.25, -0.2) is 18.1 Å². The lowest BCUT2D eigenvalue weighted by atomic mass is 10.4. The standard InChI is InChI=1S/C9H15N3O2S2/c1-7-6-15-9(11-7)12-4-3-8(5-12)16(13,14)10-2/h6,8,10H,3-5H2,1-2H3/t8-/m0/s1. The van der Waals surface area contributed by atoms with E-state index in [9.17, 15) is 8.42 Å². The van der Waals surface area contributed by atoms with Crippen LogP contribution in [-0.2, 0) is 10.0 Å². The molecule has 0 radical (unpaired) electrons. The highest BCUT2D eigenvalue weighted by molar-refractivity contribution is 7.90. The number of rotatable bonds is 3. The van der Waals surface area contributed by atoms with E-state index in [0.717, 1.165) is 17.4 Å². The van der Waals surface area contributed by atoms with Gasteiger partial charge in [0.25, 0.3) is 0 Å². The Bertz CT molecular complexity index is 469. The molecule has 5 nitrogen and oxygen atoms in total.